The first-order chi connectivity index (χ1) is 6.54. The molecule has 1 aromatic heterocycles. The maximum atomic E-state index is 11.5. The molecule has 1 unspecified atom stereocenters. The van der Waals surface area contributed by atoms with Gasteiger partial charge in [0.1, 0.15) is 0 Å². The van der Waals surface area contributed by atoms with E-state index >= 15 is 0 Å². The molecule has 0 aromatic carbocycles. The molecule has 0 aliphatic heterocycles. The normalized spacial score (nSPS) is 13.6. The molecule has 0 saturated carbocycles. The Morgan fingerprint density at radius 1 is 1.36 bits per heavy atom. The van der Waals surface area contributed by atoms with E-state index in [1.165, 1.54) is 0 Å². The number of aromatic amines is 1. The van der Waals surface area contributed by atoms with E-state index < -0.39 is 0 Å². The molecule has 1 aromatic rings. The van der Waals surface area contributed by atoms with Crippen LogP contribution in [0.2, 0.25) is 0 Å². The average molecular weight is 194 g/mol. The van der Waals surface area contributed by atoms with Gasteiger partial charge in [-0.3, -0.25) is 9.69 Å². The summed E-state index contributed by atoms with van der Waals surface area (Å²) < 4.78 is 0. The van der Waals surface area contributed by atoms with Crippen molar-refractivity contribution in [1.82, 2.24) is 9.88 Å². The van der Waals surface area contributed by atoms with Crippen molar-refractivity contribution in [1.29, 1.82) is 0 Å². The molecule has 3 nitrogen and oxygen atoms in total. The Labute approximate surface area is 84.8 Å². The summed E-state index contributed by atoms with van der Waals surface area (Å²) in [4.78, 5) is 16.4. The lowest BCUT2D eigenvalue weighted by atomic mass is 10.1. The lowest BCUT2D eigenvalue weighted by Crippen LogP contribution is -2.32. The predicted octanol–water partition coefficient (Wildman–Crippen LogP) is 1.78. The van der Waals surface area contributed by atoms with Crippen LogP contribution in [-0.2, 0) is 0 Å². The molecule has 1 atom stereocenters. The predicted molar refractivity (Wildman–Crippen MR) is 58.4 cm³/mol. The van der Waals surface area contributed by atoms with Crippen molar-refractivity contribution in [2.45, 2.75) is 32.9 Å². The average Bonchev–Trinajstić information content (AvgIpc) is 2.16. The molecule has 1 heterocycles. The minimum absolute atomic E-state index is 0.00694. The highest BCUT2D eigenvalue weighted by Crippen LogP contribution is 2.16. The highest BCUT2D eigenvalue weighted by molar-refractivity contribution is 5.13. The zero-order valence-corrected chi connectivity index (χ0v) is 9.24. The van der Waals surface area contributed by atoms with Crippen LogP contribution in [0.5, 0.6) is 0 Å². The number of pyridine rings is 1. The first-order valence-corrected chi connectivity index (χ1v) is 4.93. The van der Waals surface area contributed by atoms with Crippen LogP contribution in [-0.4, -0.2) is 23.0 Å². The van der Waals surface area contributed by atoms with Crippen molar-refractivity contribution in [3.63, 3.8) is 0 Å². The summed E-state index contributed by atoms with van der Waals surface area (Å²) in [5.74, 6) is 0. The number of nitrogens with one attached hydrogen (secondary N) is 1. The molecular formula is C11H18N2O. The fourth-order valence-corrected chi connectivity index (χ4v) is 1.43. The molecule has 0 bridgehead atoms. The molecule has 1 rings (SSSR count). The zero-order valence-electron chi connectivity index (χ0n) is 9.24. The van der Waals surface area contributed by atoms with Crippen LogP contribution in [0.4, 0.5) is 0 Å². The number of hydrogen-bond acceptors (Lipinski definition) is 2. The Hall–Kier alpha value is -1.09. The van der Waals surface area contributed by atoms with Gasteiger partial charge in [-0.15, -0.1) is 0 Å². The van der Waals surface area contributed by atoms with Gasteiger partial charge in [-0.25, -0.2) is 0 Å². The number of rotatable bonds is 3. The minimum atomic E-state index is 0.00694. The van der Waals surface area contributed by atoms with Crippen LogP contribution in [0.1, 0.15) is 32.4 Å². The lowest BCUT2D eigenvalue weighted by molar-refractivity contribution is 0.209. The Morgan fingerprint density at radius 2 is 2.00 bits per heavy atom. The van der Waals surface area contributed by atoms with Crippen LogP contribution < -0.4 is 5.56 Å². The van der Waals surface area contributed by atoms with E-state index in [0.29, 0.717) is 6.04 Å². The largest absolute Gasteiger partial charge is 0.329 e. The molecule has 0 fully saturated rings. The van der Waals surface area contributed by atoms with Gasteiger partial charge in [0.15, 0.2) is 0 Å². The third kappa shape index (κ3) is 2.23. The van der Waals surface area contributed by atoms with Crippen molar-refractivity contribution in [3.05, 3.63) is 34.2 Å². The summed E-state index contributed by atoms with van der Waals surface area (Å²) in [6.07, 6.45) is 1.66. The van der Waals surface area contributed by atoms with Gasteiger partial charge in [-0.05, 0) is 33.9 Å². The lowest BCUT2D eigenvalue weighted by Gasteiger charge is -2.27. The Morgan fingerprint density at radius 3 is 2.50 bits per heavy atom. The molecular weight excluding hydrogens is 176 g/mol. The second kappa shape index (κ2) is 4.42. The van der Waals surface area contributed by atoms with Crippen molar-refractivity contribution in [3.8, 4) is 0 Å². The number of nitrogens with zero attached hydrogens (tertiary/aromatic N) is 1. The molecule has 0 saturated heterocycles. The molecule has 1 N–H and O–H groups in total. The van der Waals surface area contributed by atoms with Gasteiger partial charge in [-0.1, -0.05) is 6.07 Å². The van der Waals surface area contributed by atoms with Crippen LogP contribution in [0.25, 0.3) is 0 Å². The second-order valence-corrected chi connectivity index (χ2v) is 3.89. The number of H-pyrrole nitrogens is 1. The van der Waals surface area contributed by atoms with Gasteiger partial charge in [0.25, 0.3) is 5.56 Å². The summed E-state index contributed by atoms with van der Waals surface area (Å²) in [5.41, 5.74) is 0.830. The maximum Gasteiger partial charge on any atom is 0.252 e. The van der Waals surface area contributed by atoms with Gasteiger partial charge in [0.05, 0.1) is 0 Å². The summed E-state index contributed by atoms with van der Waals surface area (Å²) in [5, 5.41) is 0. The Kier molecular flexibility index (Phi) is 3.47. The van der Waals surface area contributed by atoms with Gasteiger partial charge in [0, 0.05) is 23.8 Å². The molecule has 0 aliphatic carbocycles. The summed E-state index contributed by atoms with van der Waals surface area (Å²) in [7, 11) is 2.03. The maximum absolute atomic E-state index is 11.5. The van der Waals surface area contributed by atoms with E-state index in [-0.39, 0.29) is 11.6 Å². The standard InChI is InChI=1S/C11H18N2O/c1-8(2)13(4)9(3)10-6-5-7-12-11(10)14/h5-9H,1-4H3,(H,12,14). The van der Waals surface area contributed by atoms with Crippen molar-refractivity contribution < 1.29 is 0 Å². The summed E-state index contributed by atoms with van der Waals surface area (Å²) >= 11 is 0. The Balaban J connectivity index is 2.95. The monoisotopic (exact) mass is 194 g/mol. The summed E-state index contributed by atoms with van der Waals surface area (Å²) in [6.45, 7) is 6.28. The molecule has 0 radical (unpaired) electrons. The fraction of sp³-hybridized carbons (Fsp3) is 0.545. The van der Waals surface area contributed by atoms with Crippen LogP contribution in [0, 0.1) is 0 Å². The van der Waals surface area contributed by atoms with Crippen LogP contribution in [0.15, 0.2) is 23.1 Å². The minimum Gasteiger partial charge on any atom is -0.329 e. The van der Waals surface area contributed by atoms with Crippen molar-refractivity contribution >= 4 is 0 Å². The topological polar surface area (TPSA) is 36.1 Å². The molecule has 0 spiro atoms. The molecule has 0 amide bonds. The van der Waals surface area contributed by atoms with E-state index in [0.717, 1.165) is 5.56 Å². The van der Waals surface area contributed by atoms with Gasteiger partial charge >= 0.3 is 0 Å². The quantitative estimate of drug-likeness (QED) is 0.796. The van der Waals surface area contributed by atoms with E-state index in [9.17, 15) is 4.79 Å². The molecule has 0 aliphatic rings. The second-order valence-electron chi connectivity index (χ2n) is 3.89. The van der Waals surface area contributed by atoms with Gasteiger partial charge in [-0.2, -0.15) is 0 Å². The zero-order chi connectivity index (χ0) is 10.7. The van der Waals surface area contributed by atoms with E-state index in [1.54, 1.807) is 6.20 Å². The first kappa shape index (κ1) is 11.0. The fourth-order valence-electron chi connectivity index (χ4n) is 1.43. The highest BCUT2D eigenvalue weighted by Gasteiger charge is 2.16. The van der Waals surface area contributed by atoms with E-state index in [4.69, 9.17) is 0 Å². The third-order valence-corrected chi connectivity index (χ3v) is 2.72. The van der Waals surface area contributed by atoms with Gasteiger partial charge < -0.3 is 4.98 Å². The third-order valence-electron chi connectivity index (χ3n) is 2.72. The van der Waals surface area contributed by atoms with E-state index in [1.807, 2.05) is 26.1 Å². The summed E-state index contributed by atoms with van der Waals surface area (Å²) in [6, 6.07) is 4.33. The number of hydrogen-bond donors (Lipinski definition) is 1. The van der Waals surface area contributed by atoms with Crippen molar-refractivity contribution in [2.24, 2.45) is 0 Å². The van der Waals surface area contributed by atoms with E-state index in [2.05, 4.69) is 23.7 Å². The smallest absolute Gasteiger partial charge is 0.252 e. The molecule has 78 valence electrons. The van der Waals surface area contributed by atoms with Gasteiger partial charge in [0.2, 0.25) is 0 Å². The van der Waals surface area contributed by atoms with Crippen LogP contribution in [0.3, 0.4) is 0 Å². The molecule has 3 heteroatoms. The first-order valence-electron chi connectivity index (χ1n) is 4.93. The highest BCUT2D eigenvalue weighted by atomic mass is 16.1. The molecule has 14 heavy (non-hydrogen) atoms. The Bertz CT molecular complexity index is 343. The number of aromatic nitrogens is 1. The van der Waals surface area contributed by atoms with Crippen LogP contribution >= 0.6 is 0 Å². The van der Waals surface area contributed by atoms with Crippen molar-refractivity contribution in [2.75, 3.05) is 7.05 Å². The SMILES string of the molecule is CC(C)N(C)C(C)c1ccc[nH]c1=O.